The number of carboxylic acid groups (broad SMARTS) is 1. The van der Waals surface area contributed by atoms with Crippen LogP contribution in [0, 0.1) is 5.92 Å². The largest absolute Gasteiger partial charge is 0.489 e. The summed E-state index contributed by atoms with van der Waals surface area (Å²) in [5, 5.41) is 11.6. The normalized spacial score (nSPS) is 11.5. The summed E-state index contributed by atoms with van der Waals surface area (Å²) in [6, 6.07) is 6.93. The fourth-order valence-corrected chi connectivity index (χ4v) is 1.87. The van der Waals surface area contributed by atoms with Crippen molar-refractivity contribution in [2.24, 2.45) is 5.92 Å². The molecule has 0 aliphatic rings. The highest BCUT2D eigenvalue weighted by Crippen LogP contribution is 2.18. The van der Waals surface area contributed by atoms with Gasteiger partial charge in [0, 0.05) is 13.0 Å². The molecule has 0 fully saturated rings. The number of nitrogens with one attached hydrogen (secondary N) is 1. The van der Waals surface area contributed by atoms with Crippen LogP contribution in [0.15, 0.2) is 36.9 Å². The van der Waals surface area contributed by atoms with Crippen LogP contribution in [0.2, 0.25) is 0 Å². The summed E-state index contributed by atoms with van der Waals surface area (Å²) >= 11 is 0. The Kier molecular flexibility index (Phi) is 7.01. The Hall–Kier alpha value is -2.30. The molecule has 1 aromatic carbocycles. The molecule has 0 aromatic heterocycles. The molecule has 0 radical (unpaired) electrons. The Morgan fingerprint density at radius 3 is 2.76 bits per heavy atom. The predicted octanol–water partition coefficient (Wildman–Crippen LogP) is 2.48. The van der Waals surface area contributed by atoms with E-state index in [4.69, 9.17) is 9.84 Å². The molecule has 1 rings (SSSR count). The van der Waals surface area contributed by atoms with Crippen molar-refractivity contribution in [1.82, 2.24) is 5.32 Å². The number of ether oxygens (including phenoxy) is 1. The van der Waals surface area contributed by atoms with Crippen LogP contribution in [0.4, 0.5) is 0 Å². The standard InChI is InChI=1S/C16H21NO4/c1-3-9-21-14-8-6-5-7-13(14)16(20)17-11-12(4-2)10-15(18)19/h3,5-8,12H,1,4,9-11H2,2H3,(H,17,20)(H,18,19). The van der Waals surface area contributed by atoms with Gasteiger partial charge in [-0.3, -0.25) is 9.59 Å². The molecular weight excluding hydrogens is 270 g/mol. The van der Waals surface area contributed by atoms with Crippen LogP contribution in [0.3, 0.4) is 0 Å². The van der Waals surface area contributed by atoms with E-state index in [1.807, 2.05) is 6.92 Å². The van der Waals surface area contributed by atoms with Gasteiger partial charge in [-0.05, 0) is 18.1 Å². The number of amides is 1. The van der Waals surface area contributed by atoms with Crippen LogP contribution in [-0.2, 0) is 4.79 Å². The van der Waals surface area contributed by atoms with E-state index in [-0.39, 0.29) is 18.2 Å². The minimum atomic E-state index is -0.856. The van der Waals surface area contributed by atoms with Crippen LogP contribution in [0.5, 0.6) is 5.75 Å². The number of hydrogen-bond donors (Lipinski definition) is 2. The second-order valence-electron chi connectivity index (χ2n) is 4.68. The summed E-state index contributed by atoms with van der Waals surface area (Å²) in [6.45, 7) is 6.12. The molecule has 1 aromatic rings. The molecule has 0 bridgehead atoms. The van der Waals surface area contributed by atoms with Crippen molar-refractivity contribution in [1.29, 1.82) is 0 Å². The topological polar surface area (TPSA) is 75.6 Å². The van der Waals surface area contributed by atoms with Gasteiger partial charge in [0.25, 0.3) is 5.91 Å². The molecule has 0 saturated heterocycles. The summed E-state index contributed by atoms with van der Waals surface area (Å²) in [7, 11) is 0. The van der Waals surface area contributed by atoms with Crippen molar-refractivity contribution in [3.63, 3.8) is 0 Å². The predicted molar refractivity (Wildman–Crippen MR) is 80.5 cm³/mol. The number of carboxylic acids is 1. The Bertz CT molecular complexity index is 499. The highest BCUT2D eigenvalue weighted by molar-refractivity contribution is 5.96. The fraction of sp³-hybridized carbons (Fsp3) is 0.375. The van der Waals surface area contributed by atoms with Gasteiger partial charge in [0.2, 0.25) is 0 Å². The first-order chi connectivity index (χ1) is 10.1. The van der Waals surface area contributed by atoms with Gasteiger partial charge in [0.15, 0.2) is 0 Å². The quantitative estimate of drug-likeness (QED) is 0.685. The van der Waals surface area contributed by atoms with Gasteiger partial charge < -0.3 is 15.2 Å². The second-order valence-corrected chi connectivity index (χ2v) is 4.68. The van der Waals surface area contributed by atoms with Crippen molar-refractivity contribution in [3.05, 3.63) is 42.5 Å². The molecule has 0 spiro atoms. The molecule has 5 heteroatoms. The number of carbonyl (C=O) groups excluding carboxylic acids is 1. The first kappa shape index (κ1) is 16.8. The summed E-state index contributed by atoms with van der Waals surface area (Å²) in [5.74, 6) is -0.710. The van der Waals surface area contributed by atoms with Crippen LogP contribution in [0.25, 0.3) is 0 Å². The van der Waals surface area contributed by atoms with Crippen molar-refractivity contribution in [3.8, 4) is 5.75 Å². The third-order valence-electron chi connectivity index (χ3n) is 3.08. The number of hydrogen-bond acceptors (Lipinski definition) is 3. The van der Waals surface area contributed by atoms with Crippen molar-refractivity contribution in [2.45, 2.75) is 19.8 Å². The van der Waals surface area contributed by atoms with Gasteiger partial charge in [-0.2, -0.15) is 0 Å². The van der Waals surface area contributed by atoms with E-state index in [2.05, 4.69) is 11.9 Å². The van der Waals surface area contributed by atoms with Crippen molar-refractivity contribution < 1.29 is 19.4 Å². The van der Waals surface area contributed by atoms with Crippen molar-refractivity contribution >= 4 is 11.9 Å². The number of benzene rings is 1. The number of aliphatic carboxylic acids is 1. The van der Waals surface area contributed by atoms with Gasteiger partial charge in [0.05, 0.1) is 5.56 Å². The molecule has 1 atom stereocenters. The summed E-state index contributed by atoms with van der Waals surface area (Å²) < 4.78 is 5.43. The second kappa shape index (κ2) is 8.79. The average molecular weight is 291 g/mol. The Labute approximate surface area is 124 Å². The molecule has 0 heterocycles. The van der Waals surface area contributed by atoms with Gasteiger partial charge in [-0.25, -0.2) is 0 Å². The lowest BCUT2D eigenvalue weighted by atomic mass is 10.0. The summed E-state index contributed by atoms with van der Waals surface area (Å²) in [6.07, 6.45) is 2.35. The smallest absolute Gasteiger partial charge is 0.303 e. The lowest BCUT2D eigenvalue weighted by Crippen LogP contribution is -2.30. The average Bonchev–Trinajstić information content (AvgIpc) is 2.48. The van der Waals surface area contributed by atoms with E-state index in [0.717, 1.165) is 0 Å². The lowest BCUT2D eigenvalue weighted by Gasteiger charge is -2.15. The zero-order chi connectivity index (χ0) is 15.7. The number of carbonyl (C=O) groups is 2. The maximum Gasteiger partial charge on any atom is 0.303 e. The highest BCUT2D eigenvalue weighted by Gasteiger charge is 2.15. The Morgan fingerprint density at radius 1 is 1.43 bits per heavy atom. The maximum atomic E-state index is 12.2. The monoisotopic (exact) mass is 291 g/mol. The van der Waals surface area contributed by atoms with E-state index >= 15 is 0 Å². The molecular formula is C16H21NO4. The molecule has 1 amide bonds. The van der Waals surface area contributed by atoms with Crippen molar-refractivity contribution in [2.75, 3.05) is 13.2 Å². The molecule has 0 saturated carbocycles. The van der Waals surface area contributed by atoms with Gasteiger partial charge in [0.1, 0.15) is 12.4 Å². The Balaban J connectivity index is 2.66. The van der Waals surface area contributed by atoms with E-state index < -0.39 is 5.97 Å². The summed E-state index contributed by atoms with van der Waals surface area (Å²) in [5.41, 5.74) is 0.435. The van der Waals surface area contributed by atoms with E-state index in [0.29, 0.717) is 30.9 Å². The maximum absolute atomic E-state index is 12.2. The molecule has 2 N–H and O–H groups in total. The van der Waals surface area contributed by atoms with E-state index in [1.165, 1.54) is 0 Å². The fourth-order valence-electron chi connectivity index (χ4n) is 1.87. The first-order valence-corrected chi connectivity index (χ1v) is 6.91. The third-order valence-corrected chi connectivity index (χ3v) is 3.08. The van der Waals surface area contributed by atoms with Crippen LogP contribution in [-0.4, -0.2) is 30.1 Å². The molecule has 21 heavy (non-hydrogen) atoms. The summed E-state index contributed by atoms with van der Waals surface area (Å²) in [4.78, 5) is 22.9. The minimum absolute atomic E-state index is 0.0470. The molecule has 5 nitrogen and oxygen atoms in total. The molecule has 0 aliphatic heterocycles. The molecule has 114 valence electrons. The zero-order valence-electron chi connectivity index (χ0n) is 12.2. The lowest BCUT2D eigenvalue weighted by molar-refractivity contribution is -0.138. The van der Waals surface area contributed by atoms with Crippen LogP contribution in [0.1, 0.15) is 30.1 Å². The van der Waals surface area contributed by atoms with Gasteiger partial charge in [-0.1, -0.05) is 38.1 Å². The van der Waals surface area contributed by atoms with Gasteiger partial charge in [-0.15, -0.1) is 0 Å². The number of para-hydroxylation sites is 1. The highest BCUT2D eigenvalue weighted by atomic mass is 16.5. The van der Waals surface area contributed by atoms with E-state index in [1.54, 1.807) is 30.3 Å². The third kappa shape index (κ3) is 5.69. The molecule has 1 unspecified atom stereocenters. The van der Waals surface area contributed by atoms with Crippen LogP contribution < -0.4 is 10.1 Å². The first-order valence-electron chi connectivity index (χ1n) is 6.91. The SMILES string of the molecule is C=CCOc1ccccc1C(=O)NCC(CC)CC(=O)O. The zero-order valence-corrected chi connectivity index (χ0v) is 12.2. The van der Waals surface area contributed by atoms with E-state index in [9.17, 15) is 9.59 Å². The molecule has 0 aliphatic carbocycles. The van der Waals surface area contributed by atoms with Gasteiger partial charge >= 0.3 is 5.97 Å². The number of rotatable bonds is 9. The van der Waals surface area contributed by atoms with Crippen LogP contribution >= 0.6 is 0 Å². The Morgan fingerprint density at radius 2 is 2.14 bits per heavy atom. The minimum Gasteiger partial charge on any atom is -0.489 e.